The van der Waals surface area contributed by atoms with Crippen LogP contribution in [0.25, 0.3) is 11.1 Å². The number of phenolic OH excluding ortho intramolecular Hbond substituents is 2. The molecule has 0 bridgehead atoms. The maximum Gasteiger partial charge on any atom is 0.263 e. The number of amides is 1. The zero-order valence-electron chi connectivity index (χ0n) is 22.5. The number of nitrogens with zero attached hydrogens (tertiary/aromatic N) is 2. The second-order valence-electron chi connectivity index (χ2n) is 10.2. The lowest BCUT2D eigenvalue weighted by Gasteiger charge is -2.31. The number of halogens is 1. The predicted octanol–water partition coefficient (Wildman–Crippen LogP) is 8.16. The summed E-state index contributed by atoms with van der Waals surface area (Å²) >= 11 is 6.67. The first-order chi connectivity index (χ1) is 19.8. The van der Waals surface area contributed by atoms with Crippen LogP contribution >= 0.6 is 11.6 Å². The van der Waals surface area contributed by atoms with E-state index in [4.69, 9.17) is 16.6 Å². The van der Waals surface area contributed by atoms with Crippen molar-refractivity contribution in [1.29, 1.82) is 0 Å². The maximum absolute atomic E-state index is 14.8. The number of fused-ring (bicyclic) bond motifs is 1. The van der Waals surface area contributed by atoms with Crippen LogP contribution in [0, 0.1) is 6.92 Å². The van der Waals surface area contributed by atoms with E-state index in [9.17, 15) is 15.0 Å². The molecule has 6 heteroatoms. The number of benzene rings is 5. The van der Waals surface area contributed by atoms with Crippen LogP contribution in [0.3, 0.4) is 0 Å². The molecule has 6 rings (SSSR count). The van der Waals surface area contributed by atoms with Crippen LogP contribution in [0.15, 0.2) is 120 Å². The normalized spacial score (nSPS) is 16.6. The van der Waals surface area contributed by atoms with Crippen molar-refractivity contribution in [3.8, 4) is 22.6 Å². The Morgan fingerprint density at radius 2 is 1.27 bits per heavy atom. The van der Waals surface area contributed by atoms with Crippen LogP contribution < -0.4 is 4.90 Å². The van der Waals surface area contributed by atoms with Gasteiger partial charge in [0, 0.05) is 21.8 Å². The second-order valence-corrected chi connectivity index (χ2v) is 10.7. The molecule has 0 saturated heterocycles. The van der Waals surface area contributed by atoms with Crippen molar-refractivity contribution in [3.05, 3.63) is 143 Å². The van der Waals surface area contributed by atoms with E-state index in [1.807, 2.05) is 67.6 Å². The van der Waals surface area contributed by atoms with E-state index < -0.39 is 5.54 Å². The smallest absolute Gasteiger partial charge is 0.263 e. The fraction of sp³-hybridized carbons (Fsp3) is 0.0857. The van der Waals surface area contributed by atoms with Crippen LogP contribution in [0.4, 0.5) is 11.4 Å². The van der Waals surface area contributed by atoms with Crippen molar-refractivity contribution >= 4 is 34.6 Å². The molecule has 5 nitrogen and oxygen atoms in total. The third-order valence-electron chi connectivity index (χ3n) is 7.61. The Morgan fingerprint density at radius 3 is 1.90 bits per heavy atom. The van der Waals surface area contributed by atoms with E-state index in [1.54, 1.807) is 66.4 Å². The first kappa shape index (κ1) is 26.4. The van der Waals surface area contributed by atoms with Crippen LogP contribution in [-0.4, -0.2) is 21.8 Å². The summed E-state index contributed by atoms with van der Waals surface area (Å²) in [5.74, 6) is -0.0312. The van der Waals surface area contributed by atoms with Crippen LogP contribution in [0.1, 0.15) is 29.2 Å². The quantitative estimate of drug-likeness (QED) is 0.234. The molecular formula is C35H27ClN2O3. The standard InChI is InChI=1S/C35H27ClN2O3/c1-22-30(36)20-21-31-32(22)33(25-10-16-28(39)17-11-25)37-35(2,26-12-18-29(40)19-13-26)34(41)38(31)27-14-8-24(9-15-27)23-6-4-3-5-7-23/h3-21,39-40H,1-2H3. The lowest BCUT2D eigenvalue weighted by atomic mass is 9.90. The molecule has 0 aromatic heterocycles. The molecule has 1 aliphatic heterocycles. The Bertz CT molecular complexity index is 1780. The van der Waals surface area contributed by atoms with Crippen molar-refractivity contribution in [3.63, 3.8) is 0 Å². The number of benzodiazepines with no additional fused rings is 1. The molecule has 0 fully saturated rings. The van der Waals surface area contributed by atoms with Crippen molar-refractivity contribution in [2.75, 3.05) is 4.90 Å². The average molecular weight is 559 g/mol. The molecule has 41 heavy (non-hydrogen) atoms. The molecule has 0 radical (unpaired) electrons. The van der Waals surface area contributed by atoms with Gasteiger partial charge in [-0.2, -0.15) is 0 Å². The number of hydrogen-bond donors (Lipinski definition) is 2. The summed E-state index contributed by atoms with van der Waals surface area (Å²) < 4.78 is 0. The zero-order valence-corrected chi connectivity index (χ0v) is 23.3. The number of anilines is 2. The first-order valence-corrected chi connectivity index (χ1v) is 13.6. The van der Waals surface area contributed by atoms with Crippen molar-refractivity contribution in [2.45, 2.75) is 19.4 Å². The van der Waals surface area contributed by atoms with Gasteiger partial charge in [-0.25, -0.2) is 0 Å². The number of carbonyl (C=O) groups is 1. The third-order valence-corrected chi connectivity index (χ3v) is 8.02. The van der Waals surface area contributed by atoms with Crippen LogP contribution in [-0.2, 0) is 10.3 Å². The zero-order chi connectivity index (χ0) is 28.7. The first-order valence-electron chi connectivity index (χ1n) is 13.2. The molecule has 0 spiro atoms. The van der Waals surface area contributed by atoms with E-state index in [-0.39, 0.29) is 17.4 Å². The van der Waals surface area contributed by atoms with Gasteiger partial charge in [-0.05, 0) is 96.8 Å². The topological polar surface area (TPSA) is 73.1 Å². The monoisotopic (exact) mass is 558 g/mol. The SMILES string of the molecule is Cc1c(Cl)ccc2c1C(c1ccc(O)cc1)=NC(C)(c1ccc(O)cc1)C(=O)N2c1ccc(-c2ccccc2)cc1. The summed E-state index contributed by atoms with van der Waals surface area (Å²) in [6.45, 7) is 3.71. The number of hydrogen-bond acceptors (Lipinski definition) is 4. The molecule has 5 aromatic carbocycles. The molecule has 5 aromatic rings. The van der Waals surface area contributed by atoms with Gasteiger partial charge in [0.15, 0.2) is 5.54 Å². The van der Waals surface area contributed by atoms with Crippen molar-refractivity contribution in [1.82, 2.24) is 0 Å². The summed E-state index contributed by atoms with van der Waals surface area (Å²) in [7, 11) is 0. The van der Waals surface area contributed by atoms with Gasteiger partial charge in [-0.15, -0.1) is 0 Å². The Kier molecular flexibility index (Phi) is 6.60. The number of carbonyl (C=O) groups excluding carboxylic acids is 1. The molecule has 2 N–H and O–H groups in total. The molecule has 202 valence electrons. The van der Waals surface area contributed by atoms with E-state index >= 15 is 0 Å². The minimum Gasteiger partial charge on any atom is -0.508 e. The average Bonchev–Trinajstić information content (AvgIpc) is 3.09. The number of rotatable bonds is 4. The van der Waals surface area contributed by atoms with E-state index in [0.29, 0.717) is 27.7 Å². The van der Waals surface area contributed by atoms with Gasteiger partial charge in [-0.3, -0.25) is 14.7 Å². The summed E-state index contributed by atoms with van der Waals surface area (Å²) in [6, 6.07) is 34.9. The van der Waals surface area contributed by atoms with Gasteiger partial charge in [-0.1, -0.05) is 66.2 Å². The Labute approximate surface area is 243 Å². The summed E-state index contributed by atoms with van der Waals surface area (Å²) in [5.41, 5.74) is 5.53. The predicted molar refractivity (Wildman–Crippen MR) is 164 cm³/mol. The van der Waals surface area contributed by atoms with Gasteiger partial charge in [0.2, 0.25) is 0 Å². The van der Waals surface area contributed by atoms with Crippen molar-refractivity contribution < 1.29 is 15.0 Å². The fourth-order valence-electron chi connectivity index (χ4n) is 5.30. The minimum absolute atomic E-state index is 0.0976. The number of aromatic hydroxyl groups is 2. The molecule has 0 aliphatic carbocycles. The Balaban J connectivity index is 1.62. The van der Waals surface area contributed by atoms with Crippen molar-refractivity contribution in [2.24, 2.45) is 4.99 Å². The number of aliphatic imine (C=N–C) groups is 1. The highest BCUT2D eigenvalue weighted by Gasteiger charge is 2.44. The van der Waals surface area contributed by atoms with E-state index in [1.165, 1.54) is 0 Å². The summed E-state index contributed by atoms with van der Waals surface area (Å²) in [4.78, 5) is 21.7. The van der Waals surface area contributed by atoms with Gasteiger partial charge in [0.25, 0.3) is 5.91 Å². The van der Waals surface area contributed by atoms with E-state index in [0.717, 1.165) is 27.8 Å². The molecular weight excluding hydrogens is 532 g/mol. The van der Waals surface area contributed by atoms with Gasteiger partial charge in [0.05, 0.1) is 11.4 Å². The molecule has 1 unspecified atom stereocenters. The highest BCUT2D eigenvalue weighted by molar-refractivity contribution is 6.33. The van der Waals surface area contributed by atoms with E-state index in [2.05, 4.69) is 0 Å². The number of phenols is 2. The highest BCUT2D eigenvalue weighted by atomic mass is 35.5. The third kappa shape index (κ3) is 4.64. The Morgan fingerprint density at radius 1 is 0.707 bits per heavy atom. The largest absolute Gasteiger partial charge is 0.508 e. The molecule has 1 heterocycles. The lowest BCUT2D eigenvalue weighted by Crippen LogP contribution is -2.41. The fourth-order valence-corrected chi connectivity index (χ4v) is 5.46. The molecule has 1 atom stereocenters. The summed E-state index contributed by atoms with van der Waals surface area (Å²) in [5, 5.41) is 20.6. The minimum atomic E-state index is -1.36. The van der Waals surface area contributed by atoms with Crippen LogP contribution in [0.2, 0.25) is 5.02 Å². The van der Waals surface area contributed by atoms with Gasteiger partial charge >= 0.3 is 0 Å². The Hall–Kier alpha value is -4.87. The second kappa shape index (κ2) is 10.3. The molecule has 1 amide bonds. The summed E-state index contributed by atoms with van der Waals surface area (Å²) in [6.07, 6.45) is 0. The van der Waals surface area contributed by atoms with Crippen LogP contribution in [0.5, 0.6) is 11.5 Å². The molecule has 0 saturated carbocycles. The molecule has 1 aliphatic rings. The highest BCUT2D eigenvalue weighted by Crippen LogP contribution is 2.44. The van der Waals surface area contributed by atoms with Gasteiger partial charge < -0.3 is 10.2 Å². The lowest BCUT2D eigenvalue weighted by molar-refractivity contribution is -0.122. The maximum atomic E-state index is 14.8. The van der Waals surface area contributed by atoms with Gasteiger partial charge in [0.1, 0.15) is 11.5 Å².